The van der Waals surface area contributed by atoms with E-state index in [4.69, 9.17) is 0 Å². The molecule has 0 aliphatic rings. The Labute approximate surface area is 145 Å². The van der Waals surface area contributed by atoms with Gasteiger partial charge in [-0.05, 0) is 38.0 Å². The number of hydrogen-bond donors (Lipinski definition) is 2. The molecule has 0 aliphatic heterocycles. The van der Waals surface area contributed by atoms with E-state index in [0.717, 1.165) is 15.2 Å². The summed E-state index contributed by atoms with van der Waals surface area (Å²) in [6.07, 6.45) is 0. The fourth-order valence-electron chi connectivity index (χ4n) is 1.76. The average molecular weight is 373 g/mol. The van der Waals surface area contributed by atoms with Crippen LogP contribution in [0.2, 0.25) is 0 Å². The molecule has 2 rings (SSSR count). The van der Waals surface area contributed by atoms with Crippen molar-refractivity contribution in [3.05, 3.63) is 29.3 Å². The summed E-state index contributed by atoms with van der Waals surface area (Å²) in [7, 11) is -3.13. The topological polar surface area (TPSA) is 84.0 Å². The molecule has 6 nitrogen and oxygen atoms in total. The van der Waals surface area contributed by atoms with E-state index >= 15 is 0 Å². The van der Waals surface area contributed by atoms with Crippen LogP contribution in [0.1, 0.15) is 18.1 Å². The predicted octanol–water partition coefficient (Wildman–Crippen LogP) is 2.93. The minimum Gasteiger partial charge on any atom is -0.330 e. The lowest BCUT2D eigenvalue weighted by Crippen LogP contribution is -2.27. The van der Waals surface area contributed by atoms with Crippen LogP contribution in [0.15, 0.2) is 22.5 Å². The van der Waals surface area contributed by atoms with Gasteiger partial charge < -0.3 is 5.32 Å². The van der Waals surface area contributed by atoms with Crippen molar-refractivity contribution in [3.8, 4) is 0 Å². The number of nitrogens with one attached hydrogen (secondary N) is 2. The number of anilines is 2. The molecule has 9 heteroatoms. The third kappa shape index (κ3) is 5.45. The van der Waals surface area contributed by atoms with Crippen LogP contribution in [0.25, 0.3) is 0 Å². The highest BCUT2D eigenvalue weighted by Crippen LogP contribution is 2.29. The van der Waals surface area contributed by atoms with Crippen molar-refractivity contribution < 1.29 is 8.42 Å². The van der Waals surface area contributed by atoms with E-state index in [0.29, 0.717) is 12.3 Å². The lowest BCUT2D eigenvalue weighted by molar-refractivity contribution is 0.585. The van der Waals surface area contributed by atoms with E-state index in [1.54, 1.807) is 6.92 Å². The Morgan fingerprint density at radius 3 is 2.78 bits per heavy atom. The maximum atomic E-state index is 11.3. The van der Waals surface area contributed by atoms with E-state index in [1.165, 1.54) is 34.2 Å². The minimum atomic E-state index is -3.13. The molecule has 0 fully saturated rings. The van der Waals surface area contributed by atoms with Crippen molar-refractivity contribution in [1.82, 2.24) is 14.9 Å². The summed E-state index contributed by atoms with van der Waals surface area (Å²) in [4.78, 5) is 0. The summed E-state index contributed by atoms with van der Waals surface area (Å²) in [5.41, 5.74) is 3.43. The normalized spacial score (nSPS) is 11.6. The minimum absolute atomic E-state index is 0.0976. The Bertz CT molecular complexity index is 759. The molecular formula is C14H20N4O2S3. The van der Waals surface area contributed by atoms with Gasteiger partial charge in [0.1, 0.15) is 0 Å². The third-order valence-corrected chi connectivity index (χ3v) is 6.66. The van der Waals surface area contributed by atoms with Crippen LogP contribution in [0.3, 0.4) is 0 Å². The van der Waals surface area contributed by atoms with E-state index in [-0.39, 0.29) is 5.75 Å². The lowest BCUT2D eigenvalue weighted by Gasteiger charge is -2.08. The maximum absolute atomic E-state index is 11.3. The van der Waals surface area contributed by atoms with Crippen molar-refractivity contribution in [1.29, 1.82) is 0 Å². The zero-order valence-corrected chi connectivity index (χ0v) is 15.7. The Kier molecular flexibility index (Phi) is 6.40. The molecular weight excluding hydrogens is 352 g/mol. The predicted molar refractivity (Wildman–Crippen MR) is 97.3 cm³/mol. The molecule has 1 aromatic heterocycles. The highest BCUT2D eigenvalue weighted by Gasteiger charge is 2.09. The summed E-state index contributed by atoms with van der Waals surface area (Å²) in [5.74, 6) is 0.720. The van der Waals surface area contributed by atoms with E-state index in [2.05, 4.69) is 40.2 Å². The summed E-state index contributed by atoms with van der Waals surface area (Å²) >= 11 is 2.95. The molecule has 0 spiro atoms. The molecule has 0 aliphatic carbocycles. The molecule has 2 N–H and O–H groups in total. The summed E-state index contributed by atoms with van der Waals surface area (Å²) < 4.78 is 26.0. The standard InChI is InChI=1S/C14H20N4O2S3/c1-4-23(19,20)15-8-9-21-14-18-17-13(22-14)16-12-7-5-6-10(2)11(12)3/h5-7,15H,4,8-9H2,1-3H3,(H,16,17). The highest BCUT2D eigenvalue weighted by molar-refractivity contribution is 8.01. The molecule has 1 aromatic carbocycles. The number of aryl methyl sites for hydroxylation is 1. The first-order valence-electron chi connectivity index (χ1n) is 7.18. The molecule has 0 radical (unpaired) electrons. The SMILES string of the molecule is CCS(=O)(=O)NCCSc1nnc(Nc2cccc(C)c2C)s1. The van der Waals surface area contributed by atoms with Gasteiger partial charge in [-0.15, -0.1) is 10.2 Å². The molecule has 23 heavy (non-hydrogen) atoms. The largest absolute Gasteiger partial charge is 0.330 e. The molecule has 0 amide bonds. The molecule has 0 unspecified atom stereocenters. The Hall–Kier alpha value is -1.16. The lowest BCUT2D eigenvalue weighted by atomic mass is 10.1. The zero-order chi connectivity index (χ0) is 16.9. The van der Waals surface area contributed by atoms with Crippen LogP contribution >= 0.6 is 23.1 Å². The zero-order valence-electron chi connectivity index (χ0n) is 13.3. The second kappa shape index (κ2) is 8.09. The van der Waals surface area contributed by atoms with Crippen LogP contribution in [0, 0.1) is 13.8 Å². The van der Waals surface area contributed by atoms with E-state index < -0.39 is 10.0 Å². The first-order valence-corrected chi connectivity index (χ1v) is 10.6. The summed E-state index contributed by atoms with van der Waals surface area (Å²) in [6.45, 7) is 6.14. The molecule has 0 saturated heterocycles. The summed E-state index contributed by atoms with van der Waals surface area (Å²) in [5, 5.41) is 12.2. The fourth-order valence-corrected chi connectivity index (χ4v) is 4.19. The van der Waals surface area contributed by atoms with Crippen molar-refractivity contribution in [2.24, 2.45) is 0 Å². The number of sulfonamides is 1. The smallest absolute Gasteiger partial charge is 0.211 e. The van der Waals surface area contributed by atoms with Gasteiger partial charge in [-0.3, -0.25) is 0 Å². The van der Waals surface area contributed by atoms with Crippen LogP contribution in [-0.4, -0.2) is 36.7 Å². The van der Waals surface area contributed by atoms with E-state index in [9.17, 15) is 8.42 Å². The van der Waals surface area contributed by atoms with Crippen LogP contribution < -0.4 is 10.0 Å². The first kappa shape index (κ1) is 18.2. The second-order valence-corrected chi connectivity index (χ2v) is 9.31. The van der Waals surface area contributed by atoms with Crippen LogP contribution in [0.5, 0.6) is 0 Å². The van der Waals surface area contributed by atoms with Gasteiger partial charge in [0, 0.05) is 18.0 Å². The van der Waals surface area contributed by atoms with Crippen molar-refractivity contribution in [2.45, 2.75) is 25.1 Å². The quantitative estimate of drug-likeness (QED) is 0.547. The maximum Gasteiger partial charge on any atom is 0.211 e. The van der Waals surface area contributed by atoms with Crippen molar-refractivity contribution in [3.63, 3.8) is 0 Å². The second-order valence-electron chi connectivity index (χ2n) is 4.89. The highest BCUT2D eigenvalue weighted by atomic mass is 32.2. The Morgan fingerprint density at radius 1 is 1.26 bits per heavy atom. The van der Waals surface area contributed by atoms with Gasteiger partial charge in [0.25, 0.3) is 0 Å². The summed E-state index contributed by atoms with van der Waals surface area (Å²) in [6, 6.07) is 6.08. The number of hydrogen-bond acceptors (Lipinski definition) is 7. The van der Waals surface area contributed by atoms with Crippen LogP contribution in [-0.2, 0) is 10.0 Å². The Balaban J connectivity index is 1.87. The first-order chi connectivity index (χ1) is 10.9. The fraction of sp³-hybridized carbons (Fsp3) is 0.429. The molecule has 126 valence electrons. The van der Waals surface area contributed by atoms with Gasteiger partial charge in [-0.25, -0.2) is 13.1 Å². The molecule has 0 saturated carbocycles. The number of nitrogens with zero attached hydrogens (tertiary/aromatic N) is 2. The van der Waals surface area contributed by atoms with Gasteiger partial charge in [-0.1, -0.05) is 35.2 Å². The van der Waals surface area contributed by atoms with Crippen LogP contribution in [0.4, 0.5) is 10.8 Å². The number of benzene rings is 1. The number of thioether (sulfide) groups is 1. The molecule has 1 heterocycles. The van der Waals surface area contributed by atoms with Gasteiger partial charge >= 0.3 is 0 Å². The third-order valence-electron chi connectivity index (χ3n) is 3.28. The van der Waals surface area contributed by atoms with E-state index in [1.807, 2.05) is 12.1 Å². The molecule has 0 atom stereocenters. The molecule has 2 aromatic rings. The number of aromatic nitrogens is 2. The van der Waals surface area contributed by atoms with Gasteiger partial charge in [0.05, 0.1) is 5.75 Å². The number of rotatable bonds is 8. The Morgan fingerprint density at radius 2 is 2.04 bits per heavy atom. The van der Waals surface area contributed by atoms with Crippen molar-refractivity contribution in [2.75, 3.05) is 23.4 Å². The molecule has 0 bridgehead atoms. The van der Waals surface area contributed by atoms with Gasteiger partial charge in [0.15, 0.2) is 4.34 Å². The van der Waals surface area contributed by atoms with Gasteiger partial charge in [0.2, 0.25) is 15.2 Å². The average Bonchev–Trinajstić information content (AvgIpc) is 2.96. The van der Waals surface area contributed by atoms with Crippen molar-refractivity contribution >= 4 is 43.9 Å². The van der Waals surface area contributed by atoms with Gasteiger partial charge in [-0.2, -0.15) is 0 Å². The monoisotopic (exact) mass is 372 g/mol.